The van der Waals surface area contributed by atoms with Crippen LogP contribution in [-0.2, 0) is 14.8 Å². The monoisotopic (exact) mass is 419 g/mol. The highest BCUT2D eigenvalue weighted by molar-refractivity contribution is 7.92. The molecule has 0 spiro atoms. The molecular weight excluding hydrogens is 394 g/mol. The fourth-order valence-electron chi connectivity index (χ4n) is 3.07. The number of aromatic nitrogens is 2. The largest absolute Gasteiger partial charge is 0.447 e. The zero-order valence-corrected chi connectivity index (χ0v) is 17.6. The smallest absolute Gasteiger partial charge is 0.415 e. The highest BCUT2D eigenvalue weighted by Gasteiger charge is 2.37. The summed E-state index contributed by atoms with van der Waals surface area (Å²) in [6.07, 6.45) is 2.30. The minimum Gasteiger partial charge on any atom is -0.447 e. The molecule has 1 aromatic carbocycles. The molecule has 9 nitrogen and oxygen atoms in total. The average Bonchev–Trinajstić information content (AvgIpc) is 3.03. The minimum atomic E-state index is -3.32. The van der Waals surface area contributed by atoms with Crippen LogP contribution in [0, 0.1) is 5.92 Å². The van der Waals surface area contributed by atoms with Crippen molar-refractivity contribution in [1.82, 2.24) is 9.97 Å². The predicted molar refractivity (Wildman–Crippen MR) is 111 cm³/mol. The first-order valence-corrected chi connectivity index (χ1v) is 11.2. The molecule has 3 rings (SSSR count). The van der Waals surface area contributed by atoms with Crippen molar-refractivity contribution in [1.29, 1.82) is 0 Å². The van der Waals surface area contributed by atoms with Gasteiger partial charge < -0.3 is 10.1 Å². The van der Waals surface area contributed by atoms with E-state index in [4.69, 9.17) is 4.74 Å². The molecule has 2 N–H and O–H groups in total. The second kappa shape index (κ2) is 8.24. The average molecular weight is 420 g/mol. The Balaban J connectivity index is 1.74. The van der Waals surface area contributed by atoms with E-state index in [1.54, 1.807) is 29.3 Å². The summed E-state index contributed by atoms with van der Waals surface area (Å²) in [5.74, 6) is 1.10. The molecule has 1 unspecified atom stereocenters. The van der Waals surface area contributed by atoms with Crippen LogP contribution < -0.4 is 14.9 Å². The number of nitrogens with zero attached hydrogens (tertiary/aromatic N) is 3. The first-order valence-electron chi connectivity index (χ1n) is 9.27. The van der Waals surface area contributed by atoms with E-state index >= 15 is 0 Å². The van der Waals surface area contributed by atoms with Gasteiger partial charge in [-0.25, -0.2) is 18.2 Å². The number of sulfonamides is 1. The quantitative estimate of drug-likeness (QED) is 0.709. The van der Waals surface area contributed by atoms with Gasteiger partial charge in [-0.3, -0.25) is 9.62 Å². The lowest BCUT2D eigenvalue weighted by Gasteiger charge is -2.23. The normalized spacial score (nSPS) is 17.9. The SMILES string of the molecule is CC(C)C1COC(=O)N1c1ccnc(N[C@H](C)c2ccc(NS(C)(=O)=O)cc2)n1. The maximum absolute atomic E-state index is 12.1. The number of hydrogen-bond acceptors (Lipinski definition) is 7. The van der Waals surface area contributed by atoms with Crippen molar-refractivity contribution in [2.45, 2.75) is 32.9 Å². The number of cyclic esters (lactones) is 1. The molecule has 2 heterocycles. The van der Waals surface area contributed by atoms with E-state index in [0.29, 0.717) is 24.1 Å². The molecule has 0 saturated carbocycles. The predicted octanol–water partition coefficient (Wildman–Crippen LogP) is 3.00. The fourth-order valence-corrected chi connectivity index (χ4v) is 3.64. The van der Waals surface area contributed by atoms with Gasteiger partial charge in [-0.15, -0.1) is 0 Å². The van der Waals surface area contributed by atoms with E-state index in [0.717, 1.165) is 11.8 Å². The van der Waals surface area contributed by atoms with Crippen LogP contribution in [0.1, 0.15) is 32.4 Å². The maximum Gasteiger partial charge on any atom is 0.415 e. The molecule has 1 amide bonds. The number of carbonyl (C=O) groups excluding carboxylic acids is 1. The van der Waals surface area contributed by atoms with Crippen LogP contribution in [0.15, 0.2) is 36.5 Å². The molecule has 0 bridgehead atoms. The number of amides is 1. The van der Waals surface area contributed by atoms with Gasteiger partial charge in [0.25, 0.3) is 0 Å². The molecule has 156 valence electrons. The van der Waals surface area contributed by atoms with Crippen LogP contribution >= 0.6 is 0 Å². The molecule has 0 aliphatic carbocycles. The Bertz CT molecular complexity index is 978. The summed E-state index contributed by atoms with van der Waals surface area (Å²) in [6.45, 7) is 6.35. The lowest BCUT2D eigenvalue weighted by atomic mass is 10.0. The molecule has 1 aliphatic heterocycles. The number of hydrogen-bond donors (Lipinski definition) is 2. The van der Waals surface area contributed by atoms with Crippen LogP contribution in [-0.4, -0.2) is 43.4 Å². The Morgan fingerprint density at radius 2 is 1.86 bits per heavy atom. The van der Waals surface area contributed by atoms with Gasteiger partial charge in [0.1, 0.15) is 12.4 Å². The van der Waals surface area contributed by atoms with Crippen LogP contribution in [0.5, 0.6) is 0 Å². The van der Waals surface area contributed by atoms with Crippen LogP contribution in [0.2, 0.25) is 0 Å². The standard InChI is InChI=1S/C19H25N5O4S/c1-12(2)16-11-28-19(25)24(16)17-9-10-20-18(22-17)21-13(3)14-5-7-15(8-6-14)23-29(4,26)27/h5-10,12-13,16,23H,11H2,1-4H3,(H,20,21,22)/t13-,16?/m1/s1. The van der Waals surface area contributed by atoms with Gasteiger partial charge in [-0.05, 0) is 36.6 Å². The summed E-state index contributed by atoms with van der Waals surface area (Å²) in [5.41, 5.74) is 1.42. The van der Waals surface area contributed by atoms with Gasteiger partial charge in [0.15, 0.2) is 0 Å². The summed E-state index contributed by atoms with van der Waals surface area (Å²) in [6, 6.07) is 8.51. The van der Waals surface area contributed by atoms with Gasteiger partial charge >= 0.3 is 6.09 Å². The highest BCUT2D eigenvalue weighted by atomic mass is 32.2. The molecule has 10 heteroatoms. The third kappa shape index (κ3) is 5.14. The molecule has 2 atom stereocenters. The Labute approximate surface area is 170 Å². The Morgan fingerprint density at radius 1 is 1.17 bits per heavy atom. The van der Waals surface area contributed by atoms with Crippen LogP contribution in [0.4, 0.5) is 22.2 Å². The van der Waals surface area contributed by atoms with Crippen LogP contribution in [0.25, 0.3) is 0 Å². The van der Waals surface area contributed by atoms with Gasteiger partial charge in [-0.1, -0.05) is 26.0 Å². The molecule has 1 fully saturated rings. The van der Waals surface area contributed by atoms with E-state index in [-0.39, 0.29) is 18.0 Å². The number of benzene rings is 1. The van der Waals surface area contributed by atoms with Gasteiger partial charge in [0, 0.05) is 11.9 Å². The zero-order chi connectivity index (χ0) is 21.2. The van der Waals surface area contributed by atoms with Crippen molar-refractivity contribution in [2.24, 2.45) is 5.92 Å². The first kappa shape index (κ1) is 20.8. The first-order chi connectivity index (χ1) is 13.6. The van der Waals surface area contributed by atoms with E-state index in [1.165, 1.54) is 0 Å². The van der Waals surface area contributed by atoms with E-state index in [2.05, 4.69) is 20.0 Å². The summed E-state index contributed by atoms with van der Waals surface area (Å²) >= 11 is 0. The maximum atomic E-state index is 12.1. The molecule has 1 aliphatic rings. The van der Waals surface area contributed by atoms with Crippen molar-refractivity contribution >= 4 is 33.6 Å². The van der Waals surface area contributed by atoms with Crippen molar-refractivity contribution in [3.05, 3.63) is 42.1 Å². The zero-order valence-electron chi connectivity index (χ0n) is 16.8. The molecule has 29 heavy (non-hydrogen) atoms. The summed E-state index contributed by atoms with van der Waals surface area (Å²) in [7, 11) is -3.32. The molecule has 2 aromatic rings. The molecule has 1 saturated heterocycles. The second-order valence-electron chi connectivity index (χ2n) is 7.36. The number of nitrogens with one attached hydrogen (secondary N) is 2. The third-order valence-corrected chi connectivity index (χ3v) is 5.23. The number of rotatable bonds is 7. The van der Waals surface area contributed by atoms with E-state index in [9.17, 15) is 13.2 Å². The van der Waals surface area contributed by atoms with Crippen molar-refractivity contribution in [3.63, 3.8) is 0 Å². The molecule has 1 aromatic heterocycles. The molecular formula is C19H25N5O4S. The number of ether oxygens (including phenoxy) is 1. The topological polar surface area (TPSA) is 114 Å². The fraction of sp³-hybridized carbons (Fsp3) is 0.421. The summed E-state index contributed by atoms with van der Waals surface area (Å²) in [5, 5.41) is 3.21. The van der Waals surface area contributed by atoms with Gasteiger partial charge in [-0.2, -0.15) is 4.98 Å². The third-order valence-electron chi connectivity index (χ3n) is 4.62. The Morgan fingerprint density at radius 3 is 2.48 bits per heavy atom. The summed E-state index contributed by atoms with van der Waals surface area (Å²) in [4.78, 5) is 22.4. The lowest BCUT2D eigenvalue weighted by molar-refractivity contribution is 0.177. The molecule has 0 radical (unpaired) electrons. The highest BCUT2D eigenvalue weighted by Crippen LogP contribution is 2.27. The van der Waals surface area contributed by atoms with E-state index < -0.39 is 16.1 Å². The number of carbonyl (C=O) groups is 1. The Kier molecular flexibility index (Phi) is 5.92. The van der Waals surface area contributed by atoms with Crippen molar-refractivity contribution in [3.8, 4) is 0 Å². The van der Waals surface area contributed by atoms with Crippen LogP contribution in [0.3, 0.4) is 0 Å². The Hall–Kier alpha value is -2.88. The minimum absolute atomic E-state index is 0.0717. The van der Waals surface area contributed by atoms with E-state index in [1.807, 2.05) is 32.9 Å². The van der Waals surface area contributed by atoms with Gasteiger partial charge in [0.05, 0.1) is 18.3 Å². The summed E-state index contributed by atoms with van der Waals surface area (Å²) < 4.78 is 30.2. The van der Waals surface area contributed by atoms with Gasteiger partial charge in [0.2, 0.25) is 16.0 Å². The lowest BCUT2D eigenvalue weighted by Crippen LogP contribution is -2.37. The van der Waals surface area contributed by atoms with Crippen molar-refractivity contribution in [2.75, 3.05) is 27.8 Å². The van der Waals surface area contributed by atoms with Crippen molar-refractivity contribution < 1.29 is 17.9 Å². The number of anilines is 3. The second-order valence-corrected chi connectivity index (χ2v) is 9.11.